The maximum Gasteiger partial charge on any atom is 0.359 e. The summed E-state index contributed by atoms with van der Waals surface area (Å²) < 4.78 is 20.1. The first-order valence-electron chi connectivity index (χ1n) is 10.7. The van der Waals surface area contributed by atoms with Crippen LogP contribution in [0.3, 0.4) is 0 Å². The molecule has 10 nitrogen and oxygen atoms in total. The minimum Gasteiger partial charge on any atom is -0.451 e. The molecule has 0 bridgehead atoms. The van der Waals surface area contributed by atoms with Crippen LogP contribution in [0.25, 0.3) is 10.8 Å². The van der Waals surface area contributed by atoms with Crippen molar-refractivity contribution in [1.29, 1.82) is 0 Å². The Balaban J connectivity index is 1.76. The van der Waals surface area contributed by atoms with Crippen LogP contribution < -0.4 is 10.9 Å². The lowest BCUT2D eigenvalue weighted by Gasteiger charge is -2.11. The third kappa shape index (κ3) is 5.80. The second-order valence-electron chi connectivity index (χ2n) is 7.53. The molecule has 0 fully saturated rings. The third-order valence-corrected chi connectivity index (χ3v) is 5.05. The molecule has 0 saturated carbocycles. The molecule has 0 aliphatic heterocycles. The molecule has 1 N–H and O–H groups in total. The van der Waals surface area contributed by atoms with Crippen molar-refractivity contribution in [3.63, 3.8) is 0 Å². The largest absolute Gasteiger partial charge is 0.451 e. The van der Waals surface area contributed by atoms with Crippen molar-refractivity contribution < 1.29 is 23.6 Å². The van der Waals surface area contributed by atoms with Crippen molar-refractivity contribution >= 4 is 34.0 Å². The average Bonchev–Trinajstić information content (AvgIpc) is 2.83. The molecule has 0 radical (unpaired) electrons. The molecule has 11 heteroatoms. The van der Waals surface area contributed by atoms with Gasteiger partial charge in [-0.2, -0.15) is 5.10 Å². The molecule has 1 heterocycles. The summed E-state index contributed by atoms with van der Waals surface area (Å²) >= 11 is 0. The molecule has 0 unspecified atom stereocenters. The zero-order chi connectivity index (χ0) is 24.7. The van der Waals surface area contributed by atoms with E-state index in [-0.39, 0.29) is 16.6 Å². The Morgan fingerprint density at radius 1 is 1.15 bits per heavy atom. The summed E-state index contributed by atoms with van der Waals surface area (Å²) in [7, 11) is 0. The number of carbonyl (C=O) groups excluding carboxylic acids is 2. The van der Waals surface area contributed by atoms with Crippen molar-refractivity contribution in [3.05, 3.63) is 74.4 Å². The highest BCUT2D eigenvalue weighted by Gasteiger charge is 2.20. The molecule has 1 aromatic heterocycles. The molecular weight excluding hydrogens is 447 g/mol. The number of amides is 1. The van der Waals surface area contributed by atoms with Crippen molar-refractivity contribution in [1.82, 2.24) is 9.78 Å². The van der Waals surface area contributed by atoms with Crippen molar-refractivity contribution in [2.24, 2.45) is 0 Å². The SMILES string of the molecule is CCCCCCn1nc(C(=O)OCC(=O)Nc2cc([N+](=O)[O-])ccc2F)c2ccccc2c1=O. The van der Waals surface area contributed by atoms with Gasteiger partial charge in [-0.25, -0.2) is 13.9 Å². The second-order valence-corrected chi connectivity index (χ2v) is 7.53. The van der Waals surface area contributed by atoms with Crippen LogP contribution in [-0.4, -0.2) is 33.2 Å². The number of unbranched alkanes of at least 4 members (excludes halogenated alkanes) is 3. The molecule has 3 rings (SSSR count). The van der Waals surface area contributed by atoms with Gasteiger partial charge in [0.1, 0.15) is 5.82 Å². The first kappa shape index (κ1) is 24.5. The van der Waals surface area contributed by atoms with Crippen molar-refractivity contribution in [2.75, 3.05) is 11.9 Å². The Labute approximate surface area is 193 Å². The van der Waals surface area contributed by atoms with Gasteiger partial charge in [0.15, 0.2) is 12.3 Å². The molecule has 1 amide bonds. The van der Waals surface area contributed by atoms with Crippen LogP contribution in [0.4, 0.5) is 15.8 Å². The van der Waals surface area contributed by atoms with Gasteiger partial charge >= 0.3 is 5.97 Å². The normalized spacial score (nSPS) is 10.8. The number of aryl methyl sites for hydroxylation is 1. The molecule has 0 aliphatic rings. The molecule has 3 aromatic rings. The number of rotatable bonds is 10. The van der Waals surface area contributed by atoms with E-state index in [9.17, 15) is 28.9 Å². The summed E-state index contributed by atoms with van der Waals surface area (Å²) in [4.78, 5) is 47.8. The van der Waals surface area contributed by atoms with Gasteiger partial charge in [-0.3, -0.25) is 19.7 Å². The first-order chi connectivity index (χ1) is 16.3. The lowest BCUT2D eigenvalue weighted by molar-refractivity contribution is -0.384. The number of hydrogen-bond acceptors (Lipinski definition) is 7. The number of halogens is 1. The topological polar surface area (TPSA) is 133 Å². The number of benzene rings is 2. The van der Waals surface area contributed by atoms with Crippen LogP contribution in [0.5, 0.6) is 0 Å². The van der Waals surface area contributed by atoms with E-state index in [1.54, 1.807) is 24.3 Å². The minimum atomic E-state index is -0.937. The molecule has 0 atom stereocenters. The standard InChI is InChI=1S/C23H23FN4O6/c1-2-3-4-7-12-27-22(30)17-9-6-5-8-16(17)21(26-27)23(31)34-14-20(29)25-19-13-15(28(32)33)10-11-18(19)24/h5-6,8-11,13H,2-4,7,12,14H2,1H3,(H,25,29). The number of esters is 1. The van der Waals surface area contributed by atoms with E-state index in [2.05, 4.69) is 17.3 Å². The quantitative estimate of drug-likeness (QED) is 0.206. The summed E-state index contributed by atoms with van der Waals surface area (Å²) in [5.74, 6) is -2.72. The Morgan fingerprint density at radius 2 is 1.88 bits per heavy atom. The number of nitro benzene ring substituents is 1. The summed E-state index contributed by atoms with van der Waals surface area (Å²) in [6, 6.07) is 9.11. The molecule has 34 heavy (non-hydrogen) atoms. The minimum absolute atomic E-state index is 0.125. The van der Waals surface area contributed by atoms with E-state index in [1.807, 2.05) is 0 Å². The molecule has 2 aromatic carbocycles. The number of nitro groups is 1. The fourth-order valence-corrected chi connectivity index (χ4v) is 3.33. The van der Waals surface area contributed by atoms with Crippen molar-refractivity contribution in [3.8, 4) is 0 Å². The Kier molecular flexibility index (Phi) is 8.01. The lowest BCUT2D eigenvalue weighted by atomic mass is 10.1. The summed E-state index contributed by atoms with van der Waals surface area (Å²) in [5, 5.41) is 17.7. The van der Waals surface area contributed by atoms with Gasteiger partial charge < -0.3 is 10.1 Å². The Hall–Kier alpha value is -4.15. The van der Waals surface area contributed by atoms with E-state index in [4.69, 9.17) is 4.74 Å². The van der Waals surface area contributed by atoms with E-state index in [0.29, 0.717) is 18.4 Å². The van der Waals surface area contributed by atoms with Crippen LogP contribution in [0.15, 0.2) is 47.3 Å². The smallest absolute Gasteiger partial charge is 0.359 e. The summed E-state index contributed by atoms with van der Waals surface area (Å²) in [6.07, 6.45) is 3.66. The number of anilines is 1. The summed E-state index contributed by atoms with van der Waals surface area (Å²) in [6.45, 7) is 1.61. The van der Waals surface area contributed by atoms with E-state index in [1.165, 1.54) is 4.68 Å². The number of fused-ring (bicyclic) bond motifs is 1. The second kappa shape index (κ2) is 11.1. The Morgan fingerprint density at radius 3 is 2.59 bits per heavy atom. The number of nitrogens with zero attached hydrogens (tertiary/aromatic N) is 3. The van der Waals surface area contributed by atoms with Crippen LogP contribution in [0, 0.1) is 15.9 Å². The highest BCUT2D eigenvalue weighted by atomic mass is 19.1. The maximum absolute atomic E-state index is 13.9. The molecule has 0 saturated heterocycles. The average molecular weight is 470 g/mol. The number of aromatic nitrogens is 2. The molecule has 0 aliphatic carbocycles. The van der Waals surface area contributed by atoms with Gasteiger partial charge in [-0.1, -0.05) is 44.4 Å². The van der Waals surface area contributed by atoms with Gasteiger partial charge in [-0.15, -0.1) is 0 Å². The van der Waals surface area contributed by atoms with Gasteiger partial charge in [0.25, 0.3) is 17.2 Å². The van der Waals surface area contributed by atoms with Gasteiger partial charge in [0.05, 0.1) is 16.0 Å². The number of non-ortho nitro benzene ring substituents is 1. The zero-order valence-corrected chi connectivity index (χ0v) is 18.5. The fourth-order valence-electron chi connectivity index (χ4n) is 3.33. The molecule has 178 valence electrons. The van der Waals surface area contributed by atoms with Gasteiger partial charge in [-0.05, 0) is 18.6 Å². The van der Waals surface area contributed by atoms with Crippen LogP contribution in [0.1, 0.15) is 43.1 Å². The maximum atomic E-state index is 13.9. The number of ether oxygens (including phenoxy) is 1. The predicted octanol–water partition coefficient (Wildman–Crippen LogP) is 3.82. The highest BCUT2D eigenvalue weighted by molar-refractivity contribution is 6.03. The summed E-state index contributed by atoms with van der Waals surface area (Å²) in [5.41, 5.74) is -1.28. The predicted molar refractivity (Wildman–Crippen MR) is 122 cm³/mol. The fraction of sp³-hybridized carbons (Fsp3) is 0.304. The highest BCUT2D eigenvalue weighted by Crippen LogP contribution is 2.21. The van der Waals surface area contributed by atoms with E-state index in [0.717, 1.165) is 37.5 Å². The number of hydrogen-bond donors (Lipinski definition) is 1. The van der Waals surface area contributed by atoms with Gasteiger partial charge in [0.2, 0.25) is 0 Å². The first-order valence-corrected chi connectivity index (χ1v) is 10.7. The third-order valence-electron chi connectivity index (χ3n) is 5.05. The number of nitrogens with one attached hydrogen (secondary N) is 1. The lowest BCUT2D eigenvalue weighted by Crippen LogP contribution is -2.28. The van der Waals surface area contributed by atoms with Crippen LogP contribution in [0.2, 0.25) is 0 Å². The van der Waals surface area contributed by atoms with Crippen molar-refractivity contribution in [2.45, 2.75) is 39.2 Å². The van der Waals surface area contributed by atoms with E-state index >= 15 is 0 Å². The van der Waals surface area contributed by atoms with E-state index < -0.39 is 40.6 Å². The zero-order valence-electron chi connectivity index (χ0n) is 18.5. The molecular formula is C23H23FN4O6. The van der Waals surface area contributed by atoms with Crippen LogP contribution >= 0.6 is 0 Å². The van der Waals surface area contributed by atoms with Crippen LogP contribution in [-0.2, 0) is 16.1 Å². The number of carbonyl (C=O) groups is 2. The van der Waals surface area contributed by atoms with Gasteiger partial charge in [0, 0.05) is 24.1 Å². The monoisotopic (exact) mass is 470 g/mol. The Bertz CT molecular complexity index is 1290. The molecule has 0 spiro atoms.